The zero-order chi connectivity index (χ0) is 13.2. The molecule has 0 aromatic heterocycles. The normalized spacial score (nSPS) is 26.3. The molecule has 1 heterocycles. The number of likely N-dealkylation sites (tertiary alicyclic amines) is 1. The average molecular weight is 258 g/mol. The van der Waals surface area contributed by atoms with E-state index in [2.05, 4.69) is 4.90 Å². The van der Waals surface area contributed by atoms with Crippen molar-refractivity contribution < 1.29 is 4.79 Å². The Morgan fingerprint density at radius 1 is 1.16 bits per heavy atom. The zero-order valence-corrected chi connectivity index (χ0v) is 11.3. The summed E-state index contributed by atoms with van der Waals surface area (Å²) in [6.07, 6.45) is 6.31. The Balaban J connectivity index is 1.75. The minimum Gasteiger partial charge on any atom is -0.335 e. The molecule has 1 saturated carbocycles. The third-order valence-electron chi connectivity index (χ3n) is 4.71. The number of carbonyl (C=O) groups is 1. The number of fused-ring (bicyclic) bond motifs is 1. The lowest BCUT2D eigenvalue weighted by atomic mass is 9.85. The van der Waals surface area contributed by atoms with Crippen LogP contribution in [0, 0.1) is 5.92 Å². The number of benzene rings is 1. The van der Waals surface area contributed by atoms with Crippen LogP contribution in [0.4, 0.5) is 0 Å². The third-order valence-corrected chi connectivity index (χ3v) is 4.71. The maximum absolute atomic E-state index is 12.6. The first-order valence-corrected chi connectivity index (χ1v) is 7.39. The summed E-state index contributed by atoms with van der Waals surface area (Å²) in [5.41, 5.74) is 7.48. The van der Waals surface area contributed by atoms with Gasteiger partial charge in [-0.05, 0) is 42.9 Å². The molecule has 2 atom stereocenters. The number of amides is 1. The van der Waals surface area contributed by atoms with Gasteiger partial charge in [-0.25, -0.2) is 0 Å². The minimum absolute atomic E-state index is 0.206. The molecule has 2 unspecified atom stereocenters. The molecular formula is C16H22N2O. The second-order valence-corrected chi connectivity index (χ2v) is 5.80. The van der Waals surface area contributed by atoms with Crippen LogP contribution >= 0.6 is 0 Å². The molecule has 0 radical (unpaired) electrons. The van der Waals surface area contributed by atoms with E-state index in [1.54, 1.807) is 0 Å². The predicted molar refractivity (Wildman–Crippen MR) is 75.7 cm³/mol. The molecule has 3 rings (SSSR count). The van der Waals surface area contributed by atoms with E-state index in [1.165, 1.54) is 32.1 Å². The van der Waals surface area contributed by atoms with Gasteiger partial charge >= 0.3 is 0 Å². The number of hydrogen-bond donors (Lipinski definition) is 1. The minimum atomic E-state index is 0.206. The molecule has 1 aliphatic carbocycles. The van der Waals surface area contributed by atoms with Crippen LogP contribution in [0.5, 0.6) is 0 Å². The lowest BCUT2D eigenvalue weighted by Gasteiger charge is -2.31. The van der Waals surface area contributed by atoms with Crippen LogP contribution in [0.25, 0.3) is 0 Å². The average Bonchev–Trinajstić information content (AvgIpc) is 2.90. The lowest BCUT2D eigenvalue weighted by Crippen LogP contribution is -2.39. The fourth-order valence-electron chi connectivity index (χ4n) is 3.61. The zero-order valence-electron chi connectivity index (χ0n) is 11.3. The quantitative estimate of drug-likeness (QED) is 0.886. The molecule has 3 nitrogen and oxygen atoms in total. The smallest absolute Gasteiger partial charge is 0.254 e. The molecule has 3 heteroatoms. The molecule has 1 aliphatic heterocycles. The molecule has 2 N–H and O–H groups in total. The first-order valence-electron chi connectivity index (χ1n) is 7.39. The first-order chi connectivity index (χ1) is 9.29. The van der Waals surface area contributed by atoms with E-state index in [4.69, 9.17) is 5.73 Å². The third kappa shape index (κ3) is 2.39. The van der Waals surface area contributed by atoms with Crippen molar-refractivity contribution in [2.75, 3.05) is 6.54 Å². The number of hydrogen-bond acceptors (Lipinski definition) is 2. The highest BCUT2D eigenvalue weighted by atomic mass is 16.2. The fraction of sp³-hybridized carbons (Fsp3) is 0.562. The van der Waals surface area contributed by atoms with E-state index in [1.807, 2.05) is 24.3 Å². The Hall–Kier alpha value is -1.35. The van der Waals surface area contributed by atoms with E-state index < -0.39 is 0 Å². The van der Waals surface area contributed by atoms with Gasteiger partial charge in [0.05, 0.1) is 0 Å². The lowest BCUT2D eigenvalue weighted by molar-refractivity contribution is 0.0690. The van der Waals surface area contributed by atoms with Crippen molar-refractivity contribution in [1.29, 1.82) is 0 Å². The van der Waals surface area contributed by atoms with Crippen molar-refractivity contribution in [3.05, 3.63) is 35.4 Å². The van der Waals surface area contributed by atoms with Gasteiger partial charge in [-0.2, -0.15) is 0 Å². The van der Waals surface area contributed by atoms with Crippen LogP contribution in [-0.4, -0.2) is 23.4 Å². The summed E-state index contributed by atoms with van der Waals surface area (Å²) >= 11 is 0. The molecule has 102 valence electrons. The van der Waals surface area contributed by atoms with Gasteiger partial charge in [-0.3, -0.25) is 4.79 Å². The molecule has 0 spiro atoms. The van der Waals surface area contributed by atoms with E-state index in [0.29, 0.717) is 12.6 Å². The Morgan fingerprint density at radius 3 is 2.63 bits per heavy atom. The number of rotatable bonds is 2. The Labute approximate surface area is 114 Å². The molecule has 0 bridgehead atoms. The molecule has 1 aromatic carbocycles. The van der Waals surface area contributed by atoms with Crippen LogP contribution in [-0.2, 0) is 6.54 Å². The largest absolute Gasteiger partial charge is 0.335 e. The molecular weight excluding hydrogens is 236 g/mol. The molecule has 1 aromatic rings. The van der Waals surface area contributed by atoms with E-state index >= 15 is 0 Å². The number of nitrogens with two attached hydrogens (primary N) is 1. The second kappa shape index (κ2) is 5.33. The van der Waals surface area contributed by atoms with Gasteiger partial charge in [-0.15, -0.1) is 0 Å². The van der Waals surface area contributed by atoms with Crippen LogP contribution in [0.15, 0.2) is 24.3 Å². The van der Waals surface area contributed by atoms with Gasteiger partial charge in [0, 0.05) is 24.7 Å². The first kappa shape index (κ1) is 12.7. The summed E-state index contributed by atoms with van der Waals surface area (Å²) in [5.74, 6) is 0.957. The summed E-state index contributed by atoms with van der Waals surface area (Å²) in [4.78, 5) is 14.7. The van der Waals surface area contributed by atoms with Gasteiger partial charge in [-0.1, -0.05) is 25.0 Å². The van der Waals surface area contributed by atoms with Gasteiger partial charge < -0.3 is 10.6 Å². The highest BCUT2D eigenvalue weighted by Gasteiger charge is 2.38. The van der Waals surface area contributed by atoms with Gasteiger partial charge in [0.2, 0.25) is 0 Å². The summed E-state index contributed by atoms with van der Waals surface area (Å²) in [6.45, 7) is 1.47. The molecule has 1 saturated heterocycles. The van der Waals surface area contributed by atoms with Crippen molar-refractivity contribution in [2.45, 2.75) is 44.7 Å². The Morgan fingerprint density at radius 2 is 1.89 bits per heavy atom. The van der Waals surface area contributed by atoms with Crippen molar-refractivity contribution in [2.24, 2.45) is 11.7 Å². The van der Waals surface area contributed by atoms with Gasteiger partial charge in [0.25, 0.3) is 5.91 Å². The van der Waals surface area contributed by atoms with Crippen LogP contribution in [0.2, 0.25) is 0 Å². The maximum atomic E-state index is 12.6. The Kier molecular flexibility index (Phi) is 3.56. The molecule has 1 amide bonds. The van der Waals surface area contributed by atoms with Crippen LogP contribution < -0.4 is 5.73 Å². The summed E-state index contributed by atoms with van der Waals surface area (Å²) < 4.78 is 0. The Bertz CT molecular complexity index is 454. The van der Waals surface area contributed by atoms with Crippen molar-refractivity contribution >= 4 is 5.91 Å². The number of carbonyl (C=O) groups excluding carboxylic acids is 1. The van der Waals surface area contributed by atoms with Gasteiger partial charge in [0.15, 0.2) is 0 Å². The van der Waals surface area contributed by atoms with E-state index in [-0.39, 0.29) is 5.91 Å². The molecule has 2 fully saturated rings. The highest BCUT2D eigenvalue weighted by Crippen LogP contribution is 2.36. The highest BCUT2D eigenvalue weighted by molar-refractivity contribution is 5.94. The summed E-state index contributed by atoms with van der Waals surface area (Å²) in [7, 11) is 0. The standard InChI is InChI=1S/C16H22N2O/c17-11-12-5-7-14(8-6-12)16(19)18-10-9-13-3-1-2-4-15(13)18/h5-8,13,15H,1-4,9-11,17H2. The van der Waals surface area contributed by atoms with Crippen molar-refractivity contribution in [3.63, 3.8) is 0 Å². The monoisotopic (exact) mass is 258 g/mol. The SMILES string of the molecule is NCc1ccc(C(=O)N2CCC3CCCCC32)cc1. The van der Waals surface area contributed by atoms with E-state index in [0.717, 1.165) is 23.6 Å². The van der Waals surface area contributed by atoms with Crippen molar-refractivity contribution in [1.82, 2.24) is 4.90 Å². The second-order valence-electron chi connectivity index (χ2n) is 5.80. The van der Waals surface area contributed by atoms with Crippen molar-refractivity contribution in [3.8, 4) is 0 Å². The van der Waals surface area contributed by atoms with E-state index in [9.17, 15) is 4.79 Å². The summed E-state index contributed by atoms with van der Waals surface area (Å²) in [6, 6.07) is 8.25. The maximum Gasteiger partial charge on any atom is 0.254 e. The van der Waals surface area contributed by atoms with Gasteiger partial charge in [0.1, 0.15) is 0 Å². The predicted octanol–water partition coefficient (Wildman–Crippen LogP) is 2.55. The number of nitrogens with zero attached hydrogens (tertiary/aromatic N) is 1. The molecule has 2 aliphatic rings. The summed E-state index contributed by atoms with van der Waals surface area (Å²) in [5, 5.41) is 0. The topological polar surface area (TPSA) is 46.3 Å². The fourth-order valence-corrected chi connectivity index (χ4v) is 3.61. The van der Waals surface area contributed by atoms with Crippen LogP contribution in [0.3, 0.4) is 0 Å². The van der Waals surface area contributed by atoms with Crippen LogP contribution in [0.1, 0.15) is 48.0 Å². The molecule has 19 heavy (non-hydrogen) atoms.